The van der Waals surface area contributed by atoms with Crippen molar-refractivity contribution < 1.29 is 4.74 Å². The zero-order valence-electron chi connectivity index (χ0n) is 14.8. The maximum Gasteiger partial charge on any atom is 0.191 e. The molecule has 0 atom stereocenters. The van der Waals surface area contributed by atoms with Gasteiger partial charge in [-0.1, -0.05) is 18.2 Å². The lowest BCUT2D eigenvalue weighted by Crippen LogP contribution is -2.40. The van der Waals surface area contributed by atoms with Gasteiger partial charge in [0, 0.05) is 25.7 Å². The lowest BCUT2D eigenvalue weighted by Gasteiger charge is -2.19. The molecule has 2 saturated carbocycles. The number of nitrogens with one attached hydrogen (secondary N) is 2. The highest BCUT2D eigenvalue weighted by atomic mass is 127. The standard InChI is InChI=1S/C19H29N3O.HI/c1-3-23-18-7-5-4-6-16(18)12-21-19(20-2)22-13-17(14-8-9-14)15-10-11-15;/h4-7,14-15,17H,3,8-13H2,1-2H3,(H2,20,21,22);1H. The fourth-order valence-corrected chi connectivity index (χ4v) is 3.33. The largest absolute Gasteiger partial charge is 0.494 e. The molecule has 0 spiro atoms. The second kappa shape index (κ2) is 9.49. The van der Waals surface area contributed by atoms with Crippen LogP contribution in [-0.2, 0) is 6.54 Å². The van der Waals surface area contributed by atoms with Crippen LogP contribution in [0.1, 0.15) is 38.2 Å². The number of rotatable bonds is 8. The lowest BCUT2D eigenvalue weighted by atomic mass is 9.98. The Morgan fingerprint density at radius 2 is 1.83 bits per heavy atom. The highest BCUT2D eigenvalue weighted by Gasteiger charge is 2.41. The van der Waals surface area contributed by atoms with E-state index in [0.29, 0.717) is 6.61 Å². The molecule has 0 bridgehead atoms. The molecule has 0 heterocycles. The van der Waals surface area contributed by atoms with E-state index in [0.717, 1.165) is 42.6 Å². The number of hydrogen-bond acceptors (Lipinski definition) is 2. The van der Waals surface area contributed by atoms with Crippen molar-refractivity contribution in [3.05, 3.63) is 29.8 Å². The summed E-state index contributed by atoms with van der Waals surface area (Å²) in [7, 11) is 1.84. The fourth-order valence-electron chi connectivity index (χ4n) is 3.33. The number of benzene rings is 1. The molecule has 0 aromatic heterocycles. The Labute approximate surface area is 162 Å². The highest BCUT2D eigenvalue weighted by Crippen LogP contribution is 2.48. The summed E-state index contributed by atoms with van der Waals surface area (Å²) in [5.41, 5.74) is 1.17. The van der Waals surface area contributed by atoms with Crippen LogP contribution in [0.4, 0.5) is 0 Å². The summed E-state index contributed by atoms with van der Waals surface area (Å²) in [5.74, 6) is 4.62. The van der Waals surface area contributed by atoms with E-state index in [1.807, 2.05) is 32.2 Å². The maximum absolute atomic E-state index is 5.68. The van der Waals surface area contributed by atoms with Crippen LogP contribution in [0.3, 0.4) is 0 Å². The van der Waals surface area contributed by atoms with Crippen molar-refractivity contribution in [1.29, 1.82) is 0 Å². The second-order valence-corrected chi connectivity index (χ2v) is 6.69. The molecule has 2 fully saturated rings. The molecule has 24 heavy (non-hydrogen) atoms. The minimum atomic E-state index is 0. The van der Waals surface area contributed by atoms with Crippen LogP contribution in [0.25, 0.3) is 0 Å². The number of ether oxygens (including phenoxy) is 1. The first-order valence-electron chi connectivity index (χ1n) is 8.97. The van der Waals surface area contributed by atoms with Gasteiger partial charge in [-0.2, -0.15) is 0 Å². The maximum atomic E-state index is 5.68. The third-order valence-corrected chi connectivity index (χ3v) is 4.90. The summed E-state index contributed by atoms with van der Waals surface area (Å²) in [6.45, 7) is 4.49. The van der Waals surface area contributed by atoms with Gasteiger partial charge in [0.1, 0.15) is 5.75 Å². The Kier molecular flexibility index (Phi) is 7.65. The molecule has 0 radical (unpaired) electrons. The van der Waals surface area contributed by atoms with E-state index in [1.54, 1.807) is 0 Å². The third-order valence-electron chi connectivity index (χ3n) is 4.90. The van der Waals surface area contributed by atoms with Crippen molar-refractivity contribution in [1.82, 2.24) is 10.6 Å². The van der Waals surface area contributed by atoms with Crippen molar-refractivity contribution in [3.63, 3.8) is 0 Å². The molecule has 1 aromatic carbocycles. The molecule has 5 heteroatoms. The van der Waals surface area contributed by atoms with Crippen molar-refractivity contribution in [3.8, 4) is 5.75 Å². The van der Waals surface area contributed by atoms with E-state index in [4.69, 9.17) is 4.74 Å². The van der Waals surface area contributed by atoms with Gasteiger partial charge in [0.2, 0.25) is 0 Å². The predicted molar refractivity (Wildman–Crippen MR) is 110 cm³/mol. The van der Waals surface area contributed by atoms with E-state index < -0.39 is 0 Å². The van der Waals surface area contributed by atoms with Crippen LogP contribution >= 0.6 is 24.0 Å². The molecule has 0 saturated heterocycles. The summed E-state index contributed by atoms with van der Waals surface area (Å²) in [6.07, 6.45) is 5.71. The first kappa shape index (κ1) is 19.3. The Balaban J connectivity index is 0.00000208. The van der Waals surface area contributed by atoms with Crippen molar-refractivity contribution >= 4 is 29.9 Å². The SMILES string of the molecule is CCOc1ccccc1CNC(=NC)NCC(C1CC1)C1CC1.I. The molecule has 0 aliphatic heterocycles. The normalized spacial score (nSPS) is 17.4. The van der Waals surface area contributed by atoms with Crippen LogP contribution in [0, 0.1) is 17.8 Å². The number of nitrogens with zero attached hydrogens (tertiary/aromatic N) is 1. The summed E-state index contributed by atoms with van der Waals surface area (Å²) < 4.78 is 5.68. The summed E-state index contributed by atoms with van der Waals surface area (Å²) in [5, 5.41) is 6.95. The van der Waals surface area contributed by atoms with Gasteiger partial charge < -0.3 is 15.4 Å². The summed E-state index contributed by atoms with van der Waals surface area (Å²) in [6, 6.07) is 8.18. The van der Waals surface area contributed by atoms with Gasteiger partial charge in [-0.05, 0) is 56.4 Å². The average Bonchev–Trinajstić information content (AvgIpc) is 3.46. The lowest BCUT2D eigenvalue weighted by molar-refractivity contribution is 0.336. The van der Waals surface area contributed by atoms with Gasteiger partial charge >= 0.3 is 0 Å². The Bertz CT molecular complexity index is 529. The average molecular weight is 443 g/mol. The summed E-state index contributed by atoms with van der Waals surface area (Å²) >= 11 is 0. The van der Waals surface area contributed by atoms with Crippen LogP contribution in [0.5, 0.6) is 5.75 Å². The quantitative estimate of drug-likeness (QED) is 0.365. The van der Waals surface area contributed by atoms with Gasteiger partial charge in [-0.3, -0.25) is 4.99 Å². The third kappa shape index (κ3) is 5.53. The molecule has 3 rings (SSSR count). The van der Waals surface area contributed by atoms with Crippen LogP contribution in [0.2, 0.25) is 0 Å². The van der Waals surface area contributed by atoms with Gasteiger partial charge in [-0.15, -0.1) is 24.0 Å². The fraction of sp³-hybridized carbons (Fsp3) is 0.632. The van der Waals surface area contributed by atoms with Crippen LogP contribution in [-0.4, -0.2) is 26.2 Å². The van der Waals surface area contributed by atoms with Crippen molar-refractivity contribution in [2.75, 3.05) is 20.2 Å². The smallest absolute Gasteiger partial charge is 0.191 e. The Hall–Kier alpha value is -0.980. The molecule has 2 aliphatic rings. The molecule has 134 valence electrons. The summed E-state index contributed by atoms with van der Waals surface area (Å²) in [4.78, 5) is 4.36. The molecule has 1 aromatic rings. The van der Waals surface area contributed by atoms with Gasteiger partial charge in [0.25, 0.3) is 0 Å². The minimum absolute atomic E-state index is 0. The molecular formula is C19H30IN3O. The van der Waals surface area contributed by atoms with E-state index in [1.165, 1.54) is 31.2 Å². The van der Waals surface area contributed by atoms with Crippen LogP contribution < -0.4 is 15.4 Å². The number of para-hydroxylation sites is 1. The molecule has 2 aliphatic carbocycles. The first-order chi connectivity index (χ1) is 11.3. The molecule has 4 nitrogen and oxygen atoms in total. The van der Waals surface area contributed by atoms with E-state index in [2.05, 4.69) is 21.7 Å². The number of hydrogen-bond donors (Lipinski definition) is 2. The van der Waals surface area contributed by atoms with Crippen LogP contribution in [0.15, 0.2) is 29.3 Å². The number of halogens is 1. The van der Waals surface area contributed by atoms with Gasteiger partial charge in [-0.25, -0.2) is 0 Å². The zero-order chi connectivity index (χ0) is 16.1. The molecule has 0 amide bonds. The van der Waals surface area contributed by atoms with E-state index in [9.17, 15) is 0 Å². The van der Waals surface area contributed by atoms with E-state index in [-0.39, 0.29) is 24.0 Å². The van der Waals surface area contributed by atoms with Crippen molar-refractivity contribution in [2.45, 2.75) is 39.2 Å². The predicted octanol–water partition coefficient (Wildman–Crippen LogP) is 3.80. The Morgan fingerprint density at radius 3 is 2.42 bits per heavy atom. The van der Waals surface area contributed by atoms with Crippen molar-refractivity contribution in [2.24, 2.45) is 22.7 Å². The van der Waals surface area contributed by atoms with E-state index >= 15 is 0 Å². The number of guanidine groups is 1. The second-order valence-electron chi connectivity index (χ2n) is 6.69. The van der Waals surface area contributed by atoms with Gasteiger partial charge in [0.15, 0.2) is 5.96 Å². The minimum Gasteiger partial charge on any atom is -0.494 e. The molecular weight excluding hydrogens is 413 g/mol. The highest BCUT2D eigenvalue weighted by molar-refractivity contribution is 14.0. The topological polar surface area (TPSA) is 45.6 Å². The Morgan fingerprint density at radius 1 is 1.17 bits per heavy atom. The van der Waals surface area contributed by atoms with Gasteiger partial charge in [0.05, 0.1) is 6.61 Å². The zero-order valence-corrected chi connectivity index (χ0v) is 17.1. The monoisotopic (exact) mass is 443 g/mol. The first-order valence-corrected chi connectivity index (χ1v) is 8.97. The molecule has 0 unspecified atom stereocenters. The molecule has 2 N–H and O–H groups in total. The number of aliphatic imine (C=N–C) groups is 1.